The third-order valence-corrected chi connectivity index (χ3v) is 4.51. The van der Waals surface area contributed by atoms with Gasteiger partial charge in [-0.2, -0.15) is 0 Å². The van der Waals surface area contributed by atoms with Crippen molar-refractivity contribution in [2.45, 2.75) is 24.1 Å². The van der Waals surface area contributed by atoms with Gasteiger partial charge in [-0.3, -0.25) is 0 Å². The Kier molecular flexibility index (Phi) is 5.62. The third kappa shape index (κ3) is 4.81. The minimum atomic E-state index is 0.261. The third-order valence-electron chi connectivity index (χ3n) is 2.45. The van der Waals surface area contributed by atoms with Gasteiger partial charge in [0.15, 0.2) is 4.34 Å². The van der Waals surface area contributed by atoms with Crippen LogP contribution in [0, 0.1) is 6.92 Å². The van der Waals surface area contributed by atoms with Crippen molar-refractivity contribution in [1.82, 2.24) is 10.2 Å². The molecular formula is C13H17N3OS2. The highest BCUT2D eigenvalue weighted by molar-refractivity contribution is 8.01. The fourth-order valence-corrected chi connectivity index (χ4v) is 3.38. The molecule has 0 atom stereocenters. The van der Waals surface area contributed by atoms with Crippen LogP contribution < -0.4 is 5.32 Å². The average Bonchev–Trinajstić information content (AvgIpc) is 2.82. The predicted molar refractivity (Wildman–Crippen MR) is 81.4 cm³/mol. The average molecular weight is 295 g/mol. The molecule has 0 aliphatic rings. The van der Waals surface area contributed by atoms with Crippen LogP contribution in [0.25, 0.3) is 0 Å². The molecule has 19 heavy (non-hydrogen) atoms. The molecule has 0 aliphatic carbocycles. The summed E-state index contributed by atoms with van der Waals surface area (Å²) in [5.41, 5.74) is 2.25. The number of aliphatic hydroxyl groups is 1. The molecule has 0 saturated heterocycles. The Balaban J connectivity index is 1.87. The van der Waals surface area contributed by atoms with Gasteiger partial charge in [0.1, 0.15) is 0 Å². The van der Waals surface area contributed by atoms with Crippen LogP contribution in [0.3, 0.4) is 0 Å². The van der Waals surface area contributed by atoms with Gasteiger partial charge in [0.05, 0.1) is 0 Å². The Morgan fingerprint density at radius 3 is 3.00 bits per heavy atom. The number of anilines is 2. The van der Waals surface area contributed by atoms with Crippen molar-refractivity contribution in [3.05, 3.63) is 29.8 Å². The molecule has 2 aromatic rings. The van der Waals surface area contributed by atoms with Gasteiger partial charge in [-0.15, -0.1) is 10.2 Å². The standard InChI is InChI=1S/C13H17N3OS2/c1-10-5-4-6-11(9-10)14-12-15-16-13(19-12)18-8-3-2-7-17/h4-6,9,17H,2-3,7-8H2,1H3,(H,14,15). The van der Waals surface area contributed by atoms with Crippen molar-refractivity contribution in [1.29, 1.82) is 0 Å². The van der Waals surface area contributed by atoms with Crippen LogP contribution in [0.5, 0.6) is 0 Å². The Hall–Kier alpha value is -1.11. The number of aryl methyl sites for hydroxylation is 1. The smallest absolute Gasteiger partial charge is 0.210 e. The lowest BCUT2D eigenvalue weighted by atomic mass is 10.2. The SMILES string of the molecule is Cc1cccc(Nc2nnc(SCCCCO)s2)c1. The highest BCUT2D eigenvalue weighted by Crippen LogP contribution is 2.28. The van der Waals surface area contributed by atoms with Gasteiger partial charge < -0.3 is 10.4 Å². The van der Waals surface area contributed by atoms with Crippen molar-refractivity contribution in [3.8, 4) is 0 Å². The van der Waals surface area contributed by atoms with E-state index in [1.165, 1.54) is 5.56 Å². The highest BCUT2D eigenvalue weighted by atomic mass is 32.2. The van der Waals surface area contributed by atoms with Gasteiger partial charge in [-0.05, 0) is 37.5 Å². The Morgan fingerprint density at radius 1 is 1.32 bits per heavy atom. The largest absolute Gasteiger partial charge is 0.396 e. The molecule has 0 spiro atoms. The molecule has 2 N–H and O–H groups in total. The highest BCUT2D eigenvalue weighted by Gasteiger charge is 2.04. The number of thioether (sulfide) groups is 1. The minimum Gasteiger partial charge on any atom is -0.396 e. The van der Waals surface area contributed by atoms with E-state index in [2.05, 4.69) is 34.6 Å². The molecule has 4 nitrogen and oxygen atoms in total. The van der Waals surface area contributed by atoms with Crippen LogP contribution in [0.1, 0.15) is 18.4 Å². The topological polar surface area (TPSA) is 58.0 Å². The van der Waals surface area contributed by atoms with Crippen molar-refractivity contribution < 1.29 is 5.11 Å². The Labute approximate surface area is 121 Å². The number of nitrogens with one attached hydrogen (secondary N) is 1. The number of benzene rings is 1. The monoisotopic (exact) mass is 295 g/mol. The number of aliphatic hydroxyl groups excluding tert-OH is 1. The maximum absolute atomic E-state index is 8.71. The van der Waals surface area contributed by atoms with Crippen LogP contribution in [-0.4, -0.2) is 27.7 Å². The summed E-state index contributed by atoms with van der Waals surface area (Å²) in [5.74, 6) is 0.972. The number of rotatable bonds is 7. The van der Waals surface area contributed by atoms with E-state index in [4.69, 9.17) is 5.11 Å². The molecule has 0 bridgehead atoms. The minimum absolute atomic E-state index is 0.261. The fraction of sp³-hybridized carbons (Fsp3) is 0.385. The zero-order valence-corrected chi connectivity index (χ0v) is 12.4. The summed E-state index contributed by atoms with van der Waals surface area (Å²) in [6.45, 7) is 2.32. The molecule has 0 saturated carbocycles. The molecule has 2 rings (SSSR count). The van der Waals surface area contributed by atoms with E-state index in [0.29, 0.717) is 0 Å². The van der Waals surface area contributed by atoms with E-state index in [1.807, 2.05) is 12.1 Å². The second-order valence-electron chi connectivity index (χ2n) is 4.15. The lowest BCUT2D eigenvalue weighted by Crippen LogP contribution is -1.89. The maximum Gasteiger partial charge on any atom is 0.210 e. The zero-order valence-electron chi connectivity index (χ0n) is 10.8. The summed E-state index contributed by atoms with van der Waals surface area (Å²) < 4.78 is 0.966. The molecule has 0 aliphatic heterocycles. The first-order chi connectivity index (χ1) is 9.28. The summed E-state index contributed by atoms with van der Waals surface area (Å²) in [5, 5.41) is 21.0. The molecular weight excluding hydrogens is 278 g/mol. The predicted octanol–water partition coefficient (Wildman–Crippen LogP) is 3.45. The molecule has 1 aromatic carbocycles. The van der Waals surface area contributed by atoms with E-state index in [0.717, 1.165) is 33.8 Å². The number of hydrogen-bond acceptors (Lipinski definition) is 6. The van der Waals surface area contributed by atoms with Crippen LogP contribution in [0.4, 0.5) is 10.8 Å². The first kappa shape index (κ1) is 14.3. The lowest BCUT2D eigenvalue weighted by molar-refractivity contribution is 0.287. The van der Waals surface area contributed by atoms with E-state index >= 15 is 0 Å². The molecule has 102 valence electrons. The number of nitrogens with zero attached hydrogens (tertiary/aromatic N) is 2. The molecule has 0 amide bonds. The fourth-order valence-electron chi connectivity index (χ4n) is 1.54. The van der Waals surface area contributed by atoms with E-state index in [-0.39, 0.29) is 6.61 Å². The summed E-state index contributed by atoms with van der Waals surface area (Å²) in [6.07, 6.45) is 1.85. The molecule has 1 aromatic heterocycles. The van der Waals surface area contributed by atoms with E-state index in [9.17, 15) is 0 Å². The summed E-state index contributed by atoms with van der Waals surface area (Å²) in [6, 6.07) is 8.18. The number of hydrogen-bond donors (Lipinski definition) is 2. The van der Waals surface area contributed by atoms with Gasteiger partial charge in [-0.25, -0.2) is 0 Å². The lowest BCUT2D eigenvalue weighted by Gasteiger charge is -2.01. The molecule has 6 heteroatoms. The van der Waals surface area contributed by atoms with Crippen molar-refractivity contribution >= 4 is 33.9 Å². The first-order valence-electron chi connectivity index (χ1n) is 6.19. The summed E-state index contributed by atoms with van der Waals surface area (Å²) in [7, 11) is 0. The van der Waals surface area contributed by atoms with Gasteiger partial charge in [0.25, 0.3) is 0 Å². The number of unbranched alkanes of at least 4 members (excludes halogenated alkanes) is 1. The summed E-state index contributed by atoms with van der Waals surface area (Å²) in [4.78, 5) is 0. The first-order valence-corrected chi connectivity index (χ1v) is 7.99. The van der Waals surface area contributed by atoms with E-state index < -0.39 is 0 Å². The van der Waals surface area contributed by atoms with Gasteiger partial charge in [-0.1, -0.05) is 35.2 Å². The van der Waals surface area contributed by atoms with Crippen LogP contribution in [-0.2, 0) is 0 Å². The normalized spacial score (nSPS) is 10.6. The maximum atomic E-state index is 8.71. The summed E-state index contributed by atoms with van der Waals surface area (Å²) >= 11 is 3.25. The number of aromatic nitrogens is 2. The van der Waals surface area contributed by atoms with Crippen molar-refractivity contribution in [3.63, 3.8) is 0 Å². The molecule has 0 fully saturated rings. The van der Waals surface area contributed by atoms with Gasteiger partial charge in [0.2, 0.25) is 5.13 Å². The Bertz CT molecular complexity index is 516. The quantitative estimate of drug-likeness (QED) is 0.605. The van der Waals surface area contributed by atoms with Crippen molar-refractivity contribution in [2.24, 2.45) is 0 Å². The second kappa shape index (κ2) is 7.47. The van der Waals surface area contributed by atoms with Crippen LogP contribution >= 0.6 is 23.1 Å². The molecule has 0 unspecified atom stereocenters. The Morgan fingerprint density at radius 2 is 2.21 bits per heavy atom. The van der Waals surface area contributed by atoms with Crippen LogP contribution in [0.15, 0.2) is 28.6 Å². The molecule has 1 heterocycles. The van der Waals surface area contributed by atoms with Crippen LogP contribution in [0.2, 0.25) is 0 Å². The molecule has 0 radical (unpaired) electrons. The van der Waals surface area contributed by atoms with Crippen molar-refractivity contribution in [2.75, 3.05) is 17.7 Å². The van der Waals surface area contributed by atoms with E-state index in [1.54, 1.807) is 23.1 Å². The van der Waals surface area contributed by atoms with Gasteiger partial charge >= 0.3 is 0 Å². The zero-order chi connectivity index (χ0) is 13.5. The van der Waals surface area contributed by atoms with Gasteiger partial charge in [0, 0.05) is 18.0 Å². The second-order valence-corrected chi connectivity index (χ2v) is 6.47.